The van der Waals surface area contributed by atoms with E-state index in [1.54, 1.807) is 18.7 Å². The molecule has 20 heavy (non-hydrogen) atoms. The molecule has 2 rings (SSSR count). The molecular formula is C16H22N2O2. The standard InChI is InChI=1S/C16H22N2O2/c1-16(2,17)15(20)18-10-8-13(9-11-18)14(19)12-6-4-3-5-7-12/h3-7,13H,8-11,17H2,1-2H3. The van der Waals surface area contributed by atoms with Gasteiger partial charge in [0.25, 0.3) is 0 Å². The third-order valence-electron chi connectivity index (χ3n) is 3.76. The quantitative estimate of drug-likeness (QED) is 0.855. The van der Waals surface area contributed by atoms with Crippen LogP contribution in [0.3, 0.4) is 0 Å². The minimum Gasteiger partial charge on any atom is -0.341 e. The van der Waals surface area contributed by atoms with Crippen LogP contribution in [0.1, 0.15) is 37.0 Å². The van der Waals surface area contributed by atoms with E-state index in [-0.39, 0.29) is 17.6 Å². The van der Waals surface area contributed by atoms with Gasteiger partial charge in [-0.2, -0.15) is 0 Å². The fourth-order valence-electron chi connectivity index (χ4n) is 2.59. The van der Waals surface area contributed by atoms with E-state index >= 15 is 0 Å². The first kappa shape index (κ1) is 14.7. The molecule has 1 amide bonds. The molecule has 0 radical (unpaired) electrons. The normalized spacial score (nSPS) is 17.1. The molecule has 0 aromatic heterocycles. The van der Waals surface area contributed by atoms with Gasteiger partial charge in [0.2, 0.25) is 5.91 Å². The van der Waals surface area contributed by atoms with Gasteiger partial charge in [0.1, 0.15) is 0 Å². The lowest BCUT2D eigenvalue weighted by Gasteiger charge is -2.35. The summed E-state index contributed by atoms with van der Waals surface area (Å²) in [6.07, 6.45) is 1.44. The smallest absolute Gasteiger partial charge is 0.242 e. The number of likely N-dealkylation sites (tertiary alicyclic amines) is 1. The van der Waals surface area contributed by atoms with Gasteiger partial charge in [-0.1, -0.05) is 30.3 Å². The van der Waals surface area contributed by atoms with Crippen molar-refractivity contribution in [3.05, 3.63) is 35.9 Å². The Bertz CT molecular complexity index is 483. The van der Waals surface area contributed by atoms with Gasteiger partial charge in [0, 0.05) is 24.6 Å². The summed E-state index contributed by atoms with van der Waals surface area (Å²) in [5, 5.41) is 0. The van der Waals surface area contributed by atoms with E-state index in [1.807, 2.05) is 30.3 Å². The van der Waals surface area contributed by atoms with Crippen molar-refractivity contribution in [2.75, 3.05) is 13.1 Å². The number of nitrogens with zero attached hydrogens (tertiary/aromatic N) is 1. The van der Waals surface area contributed by atoms with Gasteiger partial charge in [0.05, 0.1) is 5.54 Å². The van der Waals surface area contributed by atoms with E-state index in [9.17, 15) is 9.59 Å². The molecule has 1 saturated heterocycles. The van der Waals surface area contributed by atoms with E-state index in [1.165, 1.54) is 0 Å². The Labute approximate surface area is 119 Å². The first-order valence-electron chi connectivity index (χ1n) is 7.07. The Hall–Kier alpha value is -1.68. The molecule has 0 spiro atoms. The predicted molar refractivity (Wildman–Crippen MR) is 78.3 cm³/mol. The number of benzene rings is 1. The summed E-state index contributed by atoms with van der Waals surface area (Å²) in [5.41, 5.74) is 5.76. The highest BCUT2D eigenvalue weighted by Crippen LogP contribution is 2.23. The number of amides is 1. The van der Waals surface area contributed by atoms with Gasteiger partial charge in [-0.3, -0.25) is 9.59 Å². The molecule has 108 valence electrons. The molecule has 1 fully saturated rings. The zero-order chi connectivity index (χ0) is 14.8. The minimum absolute atomic E-state index is 0.0161. The summed E-state index contributed by atoms with van der Waals surface area (Å²) >= 11 is 0. The topological polar surface area (TPSA) is 63.4 Å². The van der Waals surface area contributed by atoms with E-state index in [4.69, 9.17) is 5.73 Å². The number of rotatable bonds is 3. The van der Waals surface area contributed by atoms with Crippen LogP contribution in [-0.2, 0) is 4.79 Å². The van der Waals surface area contributed by atoms with Crippen LogP contribution in [0.25, 0.3) is 0 Å². The molecule has 1 aliphatic heterocycles. The second kappa shape index (κ2) is 5.75. The first-order chi connectivity index (χ1) is 9.39. The molecular weight excluding hydrogens is 252 g/mol. The van der Waals surface area contributed by atoms with E-state index in [0.29, 0.717) is 13.1 Å². The van der Waals surface area contributed by atoms with Gasteiger partial charge in [-0.25, -0.2) is 0 Å². The van der Waals surface area contributed by atoms with Crippen molar-refractivity contribution < 1.29 is 9.59 Å². The van der Waals surface area contributed by atoms with Crippen molar-refractivity contribution in [3.63, 3.8) is 0 Å². The fraction of sp³-hybridized carbons (Fsp3) is 0.500. The number of Topliss-reactive ketones (excluding diaryl/α,β-unsaturated/α-hetero) is 1. The molecule has 1 aromatic carbocycles. The van der Waals surface area contributed by atoms with Crippen LogP contribution in [0.5, 0.6) is 0 Å². The Morgan fingerprint density at radius 2 is 1.70 bits per heavy atom. The van der Waals surface area contributed by atoms with E-state index in [0.717, 1.165) is 18.4 Å². The van der Waals surface area contributed by atoms with Crippen LogP contribution in [0.2, 0.25) is 0 Å². The molecule has 0 atom stereocenters. The zero-order valence-corrected chi connectivity index (χ0v) is 12.1. The molecule has 0 aliphatic carbocycles. The molecule has 4 nitrogen and oxygen atoms in total. The summed E-state index contributed by atoms with van der Waals surface area (Å²) in [5.74, 6) is 0.162. The molecule has 1 aliphatic rings. The predicted octanol–water partition coefficient (Wildman–Crippen LogP) is 1.85. The number of hydrogen-bond donors (Lipinski definition) is 1. The van der Waals surface area contributed by atoms with Crippen molar-refractivity contribution >= 4 is 11.7 Å². The monoisotopic (exact) mass is 274 g/mol. The van der Waals surface area contributed by atoms with Gasteiger partial charge in [0.15, 0.2) is 5.78 Å². The number of ketones is 1. The van der Waals surface area contributed by atoms with Crippen LogP contribution >= 0.6 is 0 Å². The summed E-state index contributed by atoms with van der Waals surface area (Å²) in [6, 6.07) is 9.36. The highest BCUT2D eigenvalue weighted by atomic mass is 16.2. The number of carbonyl (C=O) groups excluding carboxylic acids is 2. The Balaban J connectivity index is 1.95. The summed E-state index contributed by atoms with van der Waals surface area (Å²) < 4.78 is 0. The number of piperidine rings is 1. The Morgan fingerprint density at radius 1 is 1.15 bits per heavy atom. The van der Waals surface area contributed by atoms with E-state index in [2.05, 4.69) is 0 Å². The fourth-order valence-corrected chi connectivity index (χ4v) is 2.59. The maximum absolute atomic E-state index is 12.3. The maximum atomic E-state index is 12.3. The number of nitrogens with two attached hydrogens (primary N) is 1. The zero-order valence-electron chi connectivity index (χ0n) is 12.1. The molecule has 1 aromatic rings. The van der Waals surface area contributed by atoms with Crippen LogP contribution in [-0.4, -0.2) is 35.2 Å². The van der Waals surface area contributed by atoms with Crippen LogP contribution in [0.4, 0.5) is 0 Å². The maximum Gasteiger partial charge on any atom is 0.242 e. The summed E-state index contributed by atoms with van der Waals surface area (Å²) in [6.45, 7) is 4.67. The lowest BCUT2D eigenvalue weighted by Crippen LogP contribution is -2.53. The number of carbonyl (C=O) groups is 2. The van der Waals surface area contributed by atoms with Crippen molar-refractivity contribution in [2.45, 2.75) is 32.2 Å². The van der Waals surface area contributed by atoms with Crippen LogP contribution in [0.15, 0.2) is 30.3 Å². The van der Waals surface area contributed by atoms with Crippen molar-refractivity contribution in [2.24, 2.45) is 11.7 Å². The lowest BCUT2D eigenvalue weighted by molar-refractivity contribution is -0.137. The Kier molecular flexibility index (Phi) is 4.23. The minimum atomic E-state index is -0.837. The third kappa shape index (κ3) is 3.25. The second-order valence-corrected chi connectivity index (χ2v) is 6.02. The average Bonchev–Trinajstić information content (AvgIpc) is 2.46. The van der Waals surface area contributed by atoms with Gasteiger partial charge < -0.3 is 10.6 Å². The second-order valence-electron chi connectivity index (χ2n) is 6.02. The Morgan fingerprint density at radius 3 is 2.20 bits per heavy atom. The largest absolute Gasteiger partial charge is 0.341 e. The van der Waals surface area contributed by atoms with Crippen molar-refractivity contribution in [1.82, 2.24) is 4.90 Å². The average molecular weight is 274 g/mol. The molecule has 0 bridgehead atoms. The van der Waals surface area contributed by atoms with Gasteiger partial charge >= 0.3 is 0 Å². The van der Waals surface area contributed by atoms with Crippen molar-refractivity contribution in [1.29, 1.82) is 0 Å². The molecule has 2 N–H and O–H groups in total. The van der Waals surface area contributed by atoms with Gasteiger partial charge in [-0.15, -0.1) is 0 Å². The molecule has 1 heterocycles. The number of hydrogen-bond acceptors (Lipinski definition) is 3. The lowest BCUT2D eigenvalue weighted by atomic mass is 9.88. The third-order valence-corrected chi connectivity index (χ3v) is 3.76. The van der Waals surface area contributed by atoms with Crippen LogP contribution in [0, 0.1) is 5.92 Å². The summed E-state index contributed by atoms with van der Waals surface area (Å²) in [4.78, 5) is 26.2. The van der Waals surface area contributed by atoms with E-state index < -0.39 is 5.54 Å². The summed E-state index contributed by atoms with van der Waals surface area (Å²) in [7, 11) is 0. The molecule has 0 saturated carbocycles. The first-order valence-corrected chi connectivity index (χ1v) is 7.07. The van der Waals surface area contributed by atoms with Crippen molar-refractivity contribution in [3.8, 4) is 0 Å². The molecule has 4 heteroatoms. The van der Waals surface area contributed by atoms with Gasteiger partial charge in [-0.05, 0) is 26.7 Å². The molecule has 0 unspecified atom stereocenters. The van der Waals surface area contributed by atoms with Crippen LogP contribution < -0.4 is 5.73 Å². The SMILES string of the molecule is CC(C)(N)C(=O)N1CCC(C(=O)c2ccccc2)CC1. The highest BCUT2D eigenvalue weighted by Gasteiger charge is 2.32. The highest BCUT2D eigenvalue weighted by molar-refractivity contribution is 5.98.